The van der Waals surface area contributed by atoms with Crippen molar-refractivity contribution in [1.29, 1.82) is 0 Å². The molecule has 0 aliphatic carbocycles. The maximum absolute atomic E-state index is 2.88. The molecule has 0 radical (unpaired) electrons. The van der Waals surface area contributed by atoms with Gasteiger partial charge in [-0.3, -0.25) is 0 Å². The van der Waals surface area contributed by atoms with Gasteiger partial charge in [0.2, 0.25) is 0 Å². The zero-order valence-electron chi connectivity index (χ0n) is 6.96. The molecule has 0 aliphatic heterocycles. The second-order valence-electron chi connectivity index (χ2n) is 2.86. The van der Waals surface area contributed by atoms with E-state index in [0.717, 1.165) is 4.78 Å². The number of hydrogen-bond acceptors (Lipinski definition) is 0. The third-order valence-electron chi connectivity index (χ3n) is 1.87. The Kier molecular flexibility index (Phi) is 3.69. The summed E-state index contributed by atoms with van der Waals surface area (Å²) < 4.78 is 0.734. The minimum atomic E-state index is 0.734. The molecule has 0 saturated heterocycles. The van der Waals surface area contributed by atoms with Crippen molar-refractivity contribution in [3.8, 4) is 0 Å². The summed E-state index contributed by atoms with van der Waals surface area (Å²) in [6.45, 7) is 2.22. The summed E-state index contributed by atoms with van der Waals surface area (Å²) in [6.07, 6.45) is 2.42. The molecule has 0 bridgehead atoms. The molecule has 0 aliphatic rings. The molecule has 54 valence electrons. The van der Waals surface area contributed by atoms with E-state index in [9.17, 15) is 0 Å². The molecule has 0 spiro atoms. The molecule has 0 amide bonds. The van der Waals surface area contributed by atoms with Gasteiger partial charge in [-0.15, -0.1) is 0 Å². The summed E-state index contributed by atoms with van der Waals surface area (Å²) in [4.78, 5) is 0. The molecule has 1 atom stereocenters. The molecule has 0 fully saturated rings. The first-order valence-corrected chi connectivity index (χ1v) is 4.79. The van der Waals surface area contributed by atoms with E-state index in [1.54, 1.807) is 0 Å². The van der Waals surface area contributed by atoms with Crippen LogP contribution in [0.1, 0.15) is 18.9 Å². The molecule has 11 heavy (non-hydrogen) atoms. The van der Waals surface area contributed by atoms with Gasteiger partial charge in [0.1, 0.15) is 0 Å². The molecule has 1 rings (SSSR count). The standard InChI is InChI=1S/C10H13.Al/c1-2-3-7-10-8-5-4-6-9-10;/h3-6,8-9H,2,7H2,1H3;/q;+2. The molecule has 1 aromatic carbocycles. The van der Waals surface area contributed by atoms with E-state index in [4.69, 9.17) is 0 Å². The quantitative estimate of drug-likeness (QED) is 0.596. The Balaban J connectivity index is 2.51. The first kappa shape index (κ1) is 8.85. The Morgan fingerprint density at radius 1 is 1.27 bits per heavy atom. The monoisotopic (exact) mass is 160 g/mol. The Morgan fingerprint density at radius 2 is 1.91 bits per heavy atom. The average Bonchev–Trinajstić information content (AvgIpc) is 2.06. The Hall–Kier alpha value is -0.248. The van der Waals surface area contributed by atoms with Gasteiger partial charge < -0.3 is 0 Å². The van der Waals surface area contributed by atoms with Crippen molar-refractivity contribution in [2.75, 3.05) is 0 Å². The topological polar surface area (TPSA) is 0 Å². The molecular weight excluding hydrogens is 147 g/mol. The van der Waals surface area contributed by atoms with Gasteiger partial charge in [-0.05, 0) is 0 Å². The van der Waals surface area contributed by atoms with Crippen LogP contribution in [0.4, 0.5) is 0 Å². The van der Waals surface area contributed by atoms with Crippen LogP contribution in [0.15, 0.2) is 30.3 Å². The molecule has 0 N–H and O–H groups in total. The second kappa shape index (κ2) is 4.59. The summed E-state index contributed by atoms with van der Waals surface area (Å²) in [6, 6.07) is 10.6. The van der Waals surface area contributed by atoms with Crippen LogP contribution >= 0.6 is 0 Å². The Morgan fingerprint density at radius 3 is 2.45 bits per heavy atom. The predicted octanol–water partition coefficient (Wildman–Crippen LogP) is 2.60. The first-order valence-electron chi connectivity index (χ1n) is 4.12. The molecule has 0 nitrogen and oxygen atoms in total. The molecule has 0 aromatic heterocycles. The van der Waals surface area contributed by atoms with Gasteiger partial charge in [-0.25, -0.2) is 0 Å². The van der Waals surface area contributed by atoms with Crippen molar-refractivity contribution in [2.24, 2.45) is 0 Å². The zero-order valence-corrected chi connectivity index (χ0v) is 8.11. The minimum absolute atomic E-state index is 0.734. The third kappa shape index (κ3) is 3.10. The third-order valence-corrected chi connectivity index (χ3v) is 2.57. The average molecular weight is 160 g/mol. The van der Waals surface area contributed by atoms with Gasteiger partial charge in [0, 0.05) is 0 Å². The zero-order chi connectivity index (χ0) is 8.10. The summed E-state index contributed by atoms with van der Waals surface area (Å²) in [5, 5.41) is 0. The van der Waals surface area contributed by atoms with E-state index in [0.29, 0.717) is 0 Å². The van der Waals surface area contributed by atoms with Gasteiger partial charge in [-0.2, -0.15) is 0 Å². The van der Waals surface area contributed by atoms with Crippen LogP contribution in [-0.2, 0) is 6.42 Å². The summed E-state index contributed by atoms with van der Waals surface area (Å²) in [5.41, 5.74) is 1.44. The Bertz CT molecular complexity index is 193. The van der Waals surface area contributed by atoms with Crippen molar-refractivity contribution in [1.82, 2.24) is 0 Å². The van der Waals surface area contributed by atoms with Crippen LogP contribution in [0.3, 0.4) is 0 Å². The van der Waals surface area contributed by atoms with Crippen molar-refractivity contribution in [3.63, 3.8) is 0 Å². The van der Waals surface area contributed by atoms with Crippen molar-refractivity contribution < 1.29 is 0 Å². The fourth-order valence-corrected chi connectivity index (χ4v) is 1.33. The van der Waals surface area contributed by atoms with Crippen LogP contribution in [-0.4, -0.2) is 16.3 Å². The van der Waals surface area contributed by atoms with Gasteiger partial charge in [0.25, 0.3) is 0 Å². The molecular formula is C10H13Al+2. The van der Waals surface area contributed by atoms with Gasteiger partial charge in [0.05, 0.1) is 0 Å². The molecule has 1 unspecified atom stereocenters. The SMILES string of the molecule is CC[CH]([Al+2])Cc1ccccc1. The predicted molar refractivity (Wildman–Crippen MR) is 49.9 cm³/mol. The van der Waals surface area contributed by atoms with E-state index < -0.39 is 0 Å². The summed E-state index contributed by atoms with van der Waals surface area (Å²) in [7, 11) is 0. The molecule has 1 heteroatoms. The fourth-order valence-electron chi connectivity index (χ4n) is 1.06. The summed E-state index contributed by atoms with van der Waals surface area (Å²) in [5.74, 6) is 0. The van der Waals surface area contributed by atoms with Crippen molar-refractivity contribution in [2.45, 2.75) is 24.5 Å². The van der Waals surface area contributed by atoms with E-state index in [2.05, 4.69) is 53.5 Å². The molecule has 0 heterocycles. The van der Waals surface area contributed by atoms with E-state index >= 15 is 0 Å². The van der Waals surface area contributed by atoms with Crippen molar-refractivity contribution >= 4 is 16.3 Å². The van der Waals surface area contributed by atoms with Gasteiger partial charge in [0.15, 0.2) is 0 Å². The summed E-state index contributed by atoms with van der Waals surface area (Å²) >= 11 is 2.88. The first-order chi connectivity index (χ1) is 5.33. The number of hydrogen-bond donors (Lipinski definition) is 0. The molecule has 0 saturated carbocycles. The number of benzene rings is 1. The number of rotatable bonds is 3. The second-order valence-corrected chi connectivity index (χ2v) is 3.80. The van der Waals surface area contributed by atoms with E-state index in [-0.39, 0.29) is 0 Å². The van der Waals surface area contributed by atoms with Gasteiger partial charge >= 0.3 is 76.7 Å². The van der Waals surface area contributed by atoms with Gasteiger partial charge in [-0.1, -0.05) is 0 Å². The van der Waals surface area contributed by atoms with Crippen LogP contribution < -0.4 is 0 Å². The van der Waals surface area contributed by atoms with Crippen LogP contribution in [0.2, 0.25) is 4.78 Å². The Labute approximate surface area is 77.1 Å². The van der Waals surface area contributed by atoms with Crippen LogP contribution in [0, 0.1) is 0 Å². The normalized spacial score (nSPS) is 13.0. The maximum atomic E-state index is 2.88. The van der Waals surface area contributed by atoms with E-state index in [1.165, 1.54) is 18.4 Å². The van der Waals surface area contributed by atoms with E-state index in [1.807, 2.05) is 0 Å². The van der Waals surface area contributed by atoms with Crippen molar-refractivity contribution in [3.05, 3.63) is 35.9 Å². The fraction of sp³-hybridized carbons (Fsp3) is 0.400. The molecule has 1 aromatic rings. The van der Waals surface area contributed by atoms with Crippen LogP contribution in [0.25, 0.3) is 0 Å². The van der Waals surface area contributed by atoms with Crippen LogP contribution in [0.5, 0.6) is 0 Å².